The van der Waals surface area contributed by atoms with E-state index in [-0.39, 0.29) is 23.8 Å². The number of hydrogen-bond donors (Lipinski definition) is 2. The highest BCUT2D eigenvalue weighted by atomic mass is 35.5. The second-order valence-corrected chi connectivity index (χ2v) is 7.23. The third-order valence-electron chi connectivity index (χ3n) is 4.56. The standard InChI is InChI=1S/C18H25Cl2N3O2/c1-3-8-21-18(25)13-6-9-23(10-7-13)12(2)17(24)22-16-11-14(19)4-5-15(16)20/h4-5,11-13H,3,6-10H2,1-2H3,(H,21,25)(H,22,24)/t12-/m1/s1. The molecular formula is C18H25Cl2N3O2. The Hall–Kier alpha value is -1.30. The summed E-state index contributed by atoms with van der Waals surface area (Å²) in [6, 6.07) is 4.68. The van der Waals surface area contributed by atoms with E-state index in [0.29, 0.717) is 15.7 Å². The SMILES string of the molecule is CCCNC(=O)C1CCN([C@H](C)C(=O)Nc2cc(Cl)ccc2Cl)CC1. The number of carbonyl (C=O) groups excluding carboxylic acids is 2. The molecule has 0 bridgehead atoms. The van der Waals surface area contributed by atoms with Gasteiger partial charge in [0.05, 0.1) is 16.8 Å². The summed E-state index contributed by atoms with van der Waals surface area (Å²) >= 11 is 12.0. The maximum atomic E-state index is 12.5. The average molecular weight is 386 g/mol. The summed E-state index contributed by atoms with van der Waals surface area (Å²) in [5.74, 6) is 0.0443. The monoisotopic (exact) mass is 385 g/mol. The van der Waals surface area contributed by atoms with E-state index < -0.39 is 0 Å². The van der Waals surface area contributed by atoms with Gasteiger partial charge in [-0.05, 0) is 57.5 Å². The van der Waals surface area contributed by atoms with E-state index in [4.69, 9.17) is 23.2 Å². The Morgan fingerprint density at radius 3 is 2.60 bits per heavy atom. The molecule has 2 rings (SSSR count). The van der Waals surface area contributed by atoms with E-state index in [1.54, 1.807) is 18.2 Å². The summed E-state index contributed by atoms with van der Waals surface area (Å²) in [5.41, 5.74) is 0.514. The van der Waals surface area contributed by atoms with E-state index >= 15 is 0 Å². The quantitative estimate of drug-likeness (QED) is 0.786. The molecule has 0 saturated carbocycles. The molecule has 1 aliphatic rings. The van der Waals surface area contributed by atoms with Gasteiger partial charge in [0.1, 0.15) is 0 Å². The van der Waals surface area contributed by atoms with Gasteiger partial charge in [0.15, 0.2) is 0 Å². The maximum absolute atomic E-state index is 12.5. The fraction of sp³-hybridized carbons (Fsp3) is 0.556. The second-order valence-electron chi connectivity index (χ2n) is 6.39. The van der Waals surface area contributed by atoms with Gasteiger partial charge in [0.2, 0.25) is 11.8 Å². The largest absolute Gasteiger partial charge is 0.356 e. The number of nitrogens with one attached hydrogen (secondary N) is 2. The molecule has 138 valence electrons. The Bertz CT molecular complexity index is 616. The first-order chi connectivity index (χ1) is 11.9. The van der Waals surface area contributed by atoms with Crippen LogP contribution in [0.25, 0.3) is 0 Å². The van der Waals surface area contributed by atoms with Gasteiger partial charge in [-0.3, -0.25) is 14.5 Å². The first-order valence-electron chi connectivity index (χ1n) is 8.70. The lowest BCUT2D eigenvalue weighted by molar-refractivity contribution is -0.127. The number of amides is 2. The maximum Gasteiger partial charge on any atom is 0.241 e. The average Bonchev–Trinajstić information content (AvgIpc) is 2.62. The molecule has 25 heavy (non-hydrogen) atoms. The number of hydrogen-bond acceptors (Lipinski definition) is 3. The minimum absolute atomic E-state index is 0.0421. The van der Waals surface area contributed by atoms with Crippen LogP contribution in [0.3, 0.4) is 0 Å². The van der Waals surface area contributed by atoms with E-state index in [1.807, 2.05) is 13.8 Å². The van der Waals surface area contributed by atoms with Crippen LogP contribution in [-0.4, -0.2) is 42.4 Å². The van der Waals surface area contributed by atoms with Gasteiger partial charge in [-0.15, -0.1) is 0 Å². The van der Waals surface area contributed by atoms with Crippen LogP contribution in [0.1, 0.15) is 33.1 Å². The van der Waals surface area contributed by atoms with Gasteiger partial charge >= 0.3 is 0 Å². The number of piperidine rings is 1. The molecule has 5 nitrogen and oxygen atoms in total. The van der Waals surface area contributed by atoms with Crippen molar-refractivity contribution in [1.82, 2.24) is 10.2 Å². The van der Waals surface area contributed by atoms with Crippen LogP contribution in [0.2, 0.25) is 10.0 Å². The van der Waals surface area contributed by atoms with Crippen LogP contribution < -0.4 is 10.6 Å². The fourth-order valence-corrected chi connectivity index (χ4v) is 3.27. The number of anilines is 1. The predicted octanol–water partition coefficient (Wildman–Crippen LogP) is 3.56. The van der Waals surface area contributed by atoms with Crippen molar-refractivity contribution in [2.75, 3.05) is 25.0 Å². The van der Waals surface area contributed by atoms with Gasteiger partial charge < -0.3 is 10.6 Å². The van der Waals surface area contributed by atoms with Crippen LogP contribution >= 0.6 is 23.2 Å². The van der Waals surface area contributed by atoms with Crippen molar-refractivity contribution in [2.24, 2.45) is 5.92 Å². The van der Waals surface area contributed by atoms with Crippen molar-refractivity contribution >= 4 is 40.7 Å². The second kappa shape index (κ2) is 9.41. The number of rotatable bonds is 6. The zero-order valence-electron chi connectivity index (χ0n) is 14.6. The van der Waals surface area contributed by atoms with Crippen molar-refractivity contribution < 1.29 is 9.59 Å². The van der Waals surface area contributed by atoms with Crippen molar-refractivity contribution in [2.45, 2.75) is 39.2 Å². The van der Waals surface area contributed by atoms with Gasteiger partial charge in [-0.2, -0.15) is 0 Å². The van der Waals surface area contributed by atoms with Gasteiger partial charge in [0.25, 0.3) is 0 Å². The van der Waals surface area contributed by atoms with E-state index in [2.05, 4.69) is 15.5 Å². The summed E-state index contributed by atoms with van der Waals surface area (Å²) in [6.45, 7) is 6.07. The van der Waals surface area contributed by atoms with Crippen molar-refractivity contribution in [3.63, 3.8) is 0 Å². The molecule has 0 unspecified atom stereocenters. The Labute approximate surface area is 159 Å². The first-order valence-corrected chi connectivity index (χ1v) is 9.45. The molecule has 0 aliphatic carbocycles. The molecule has 0 radical (unpaired) electrons. The zero-order chi connectivity index (χ0) is 18.4. The van der Waals surface area contributed by atoms with Gasteiger partial charge in [0, 0.05) is 17.5 Å². The Kier molecular flexibility index (Phi) is 7.54. The first kappa shape index (κ1) is 20.0. The summed E-state index contributed by atoms with van der Waals surface area (Å²) in [5, 5.41) is 6.76. The van der Waals surface area contributed by atoms with Crippen molar-refractivity contribution in [1.29, 1.82) is 0 Å². The third kappa shape index (κ3) is 5.59. The highest BCUT2D eigenvalue weighted by Crippen LogP contribution is 2.26. The number of likely N-dealkylation sites (tertiary alicyclic amines) is 1. The molecule has 2 amide bonds. The predicted molar refractivity (Wildman–Crippen MR) is 102 cm³/mol. The van der Waals surface area contributed by atoms with Crippen LogP contribution in [0.5, 0.6) is 0 Å². The van der Waals surface area contributed by atoms with E-state index in [0.717, 1.165) is 38.9 Å². The highest BCUT2D eigenvalue weighted by Gasteiger charge is 2.29. The minimum atomic E-state index is -0.297. The van der Waals surface area contributed by atoms with Crippen LogP contribution in [0.4, 0.5) is 5.69 Å². The molecule has 1 aromatic carbocycles. The van der Waals surface area contributed by atoms with Crippen LogP contribution in [-0.2, 0) is 9.59 Å². The highest BCUT2D eigenvalue weighted by molar-refractivity contribution is 6.35. The minimum Gasteiger partial charge on any atom is -0.356 e. The molecule has 2 N–H and O–H groups in total. The Morgan fingerprint density at radius 2 is 1.96 bits per heavy atom. The lowest BCUT2D eigenvalue weighted by Gasteiger charge is -2.34. The van der Waals surface area contributed by atoms with E-state index in [1.165, 1.54) is 0 Å². The molecule has 7 heteroatoms. The fourth-order valence-electron chi connectivity index (χ4n) is 2.94. The van der Waals surface area contributed by atoms with E-state index in [9.17, 15) is 9.59 Å². The number of benzene rings is 1. The summed E-state index contributed by atoms with van der Waals surface area (Å²) in [7, 11) is 0. The van der Waals surface area contributed by atoms with Gasteiger partial charge in [-0.25, -0.2) is 0 Å². The van der Waals surface area contributed by atoms with Crippen molar-refractivity contribution in [3.8, 4) is 0 Å². The van der Waals surface area contributed by atoms with Crippen LogP contribution in [0, 0.1) is 5.92 Å². The van der Waals surface area contributed by atoms with Crippen molar-refractivity contribution in [3.05, 3.63) is 28.2 Å². The molecular weight excluding hydrogens is 361 g/mol. The molecule has 1 aliphatic heterocycles. The summed E-state index contributed by atoms with van der Waals surface area (Å²) < 4.78 is 0. The Balaban J connectivity index is 1.87. The molecule has 1 aromatic rings. The Morgan fingerprint density at radius 1 is 1.28 bits per heavy atom. The molecule has 0 aromatic heterocycles. The molecule has 1 saturated heterocycles. The summed E-state index contributed by atoms with van der Waals surface area (Å²) in [6.07, 6.45) is 2.48. The topological polar surface area (TPSA) is 61.4 Å². The normalized spacial score (nSPS) is 17.1. The summed E-state index contributed by atoms with van der Waals surface area (Å²) in [4.78, 5) is 26.6. The van der Waals surface area contributed by atoms with Gasteiger partial charge in [-0.1, -0.05) is 30.1 Å². The lowest BCUT2D eigenvalue weighted by atomic mass is 9.95. The third-order valence-corrected chi connectivity index (χ3v) is 5.13. The van der Waals surface area contributed by atoms with Crippen LogP contribution in [0.15, 0.2) is 18.2 Å². The number of carbonyl (C=O) groups is 2. The lowest BCUT2D eigenvalue weighted by Crippen LogP contribution is -2.48. The number of halogens is 2. The molecule has 0 spiro atoms. The molecule has 1 fully saturated rings. The smallest absolute Gasteiger partial charge is 0.241 e. The molecule has 1 atom stereocenters. The molecule has 1 heterocycles. The number of nitrogens with zero attached hydrogens (tertiary/aromatic N) is 1. The zero-order valence-corrected chi connectivity index (χ0v) is 16.2.